The number of para-hydroxylation sites is 1. The van der Waals surface area contributed by atoms with E-state index in [0.717, 1.165) is 14.6 Å². The van der Waals surface area contributed by atoms with Crippen LogP contribution in [-0.4, -0.2) is 10.9 Å². The Bertz CT molecular complexity index is 800. The molecule has 0 spiro atoms. The second-order valence-corrected chi connectivity index (χ2v) is 6.06. The standard InChI is InChI=1S/C14H10BrN3OS/c15-9-3-1-2-4-10(9)18-14(19)13-12(16)8-5-6-17-7-11(8)20-13/h1-7H,16H2,(H,18,19). The van der Waals surface area contributed by atoms with Crippen LogP contribution in [-0.2, 0) is 0 Å². The summed E-state index contributed by atoms with van der Waals surface area (Å²) < 4.78 is 1.73. The van der Waals surface area contributed by atoms with Gasteiger partial charge < -0.3 is 11.1 Å². The molecule has 1 aromatic carbocycles. The summed E-state index contributed by atoms with van der Waals surface area (Å²) in [5.74, 6) is -0.212. The van der Waals surface area contributed by atoms with Crippen LogP contribution in [0.3, 0.4) is 0 Å². The predicted octanol–water partition coefficient (Wildman–Crippen LogP) is 3.89. The Kier molecular flexibility index (Phi) is 3.42. The molecule has 0 atom stereocenters. The normalized spacial score (nSPS) is 10.7. The van der Waals surface area contributed by atoms with Crippen molar-refractivity contribution in [2.45, 2.75) is 0 Å². The highest BCUT2D eigenvalue weighted by Gasteiger charge is 2.17. The zero-order valence-corrected chi connectivity index (χ0v) is 12.7. The van der Waals surface area contributed by atoms with Gasteiger partial charge in [0, 0.05) is 22.3 Å². The van der Waals surface area contributed by atoms with Crippen LogP contribution < -0.4 is 11.1 Å². The molecular formula is C14H10BrN3OS. The van der Waals surface area contributed by atoms with E-state index in [2.05, 4.69) is 26.2 Å². The third-order valence-corrected chi connectivity index (χ3v) is 4.71. The highest BCUT2D eigenvalue weighted by molar-refractivity contribution is 9.10. The second kappa shape index (κ2) is 5.22. The van der Waals surface area contributed by atoms with E-state index < -0.39 is 0 Å². The van der Waals surface area contributed by atoms with E-state index in [9.17, 15) is 4.79 Å². The number of nitrogens with zero attached hydrogens (tertiary/aromatic N) is 1. The van der Waals surface area contributed by atoms with E-state index in [1.54, 1.807) is 12.4 Å². The topological polar surface area (TPSA) is 68.0 Å². The SMILES string of the molecule is Nc1c(C(=O)Nc2ccccc2Br)sc2cnccc12. The van der Waals surface area contributed by atoms with Gasteiger partial charge in [-0.05, 0) is 34.1 Å². The van der Waals surface area contributed by atoms with Crippen molar-refractivity contribution in [2.24, 2.45) is 0 Å². The first-order valence-electron chi connectivity index (χ1n) is 5.84. The minimum Gasteiger partial charge on any atom is -0.397 e. The number of halogens is 1. The molecule has 0 fully saturated rings. The van der Waals surface area contributed by atoms with Crippen LogP contribution in [0.25, 0.3) is 10.1 Å². The fourth-order valence-corrected chi connectivity index (χ4v) is 3.25. The molecule has 3 aromatic rings. The molecule has 2 heterocycles. The smallest absolute Gasteiger partial charge is 0.267 e. The van der Waals surface area contributed by atoms with Crippen LogP contribution in [0, 0.1) is 0 Å². The van der Waals surface area contributed by atoms with Crippen molar-refractivity contribution in [3.05, 3.63) is 52.1 Å². The van der Waals surface area contributed by atoms with Gasteiger partial charge in [0.15, 0.2) is 0 Å². The molecule has 4 nitrogen and oxygen atoms in total. The Morgan fingerprint density at radius 3 is 2.85 bits per heavy atom. The first kappa shape index (κ1) is 13.1. The van der Waals surface area contributed by atoms with Crippen LogP contribution >= 0.6 is 27.3 Å². The summed E-state index contributed by atoms with van der Waals surface area (Å²) in [5.41, 5.74) is 7.25. The number of nitrogens with two attached hydrogens (primary N) is 1. The van der Waals surface area contributed by atoms with Gasteiger partial charge in [0.25, 0.3) is 5.91 Å². The van der Waals surface area contributed by atoms with E-state index in [1.807, 2.05) is 30.3 Å². The Hall–Kier alpha value is -1.92. The van der Waals surface area contributed by atoms with Gasteiger partial charge in [-0.25, -0.2) is 0 Å². The summed E-state index contributed by atoms with van der Waals surface area (Å²) in [4.78, 5) is 16.9. The number of carbonyl (C=O) groups is 1. The van der Waals surface area contributed by atoms with Gasteiger partial charge in [-0.2, -0.15) is 0 Å². The average Bonchev–Trinajstić information content (AvgIpc) is 2.79. The zero-order chi connectivity index (χ0) is 14.1. The van der Waals surface area contributed by atoms with E-state index in [0.29, 0.717) is 16.3 Å². The number of pyridine rings is 1. The second-order valence-electron chi connectivity index (χ2n) is 4.15. The largest absolute Gasteiger partial charge is 0.397 e. The van der Waals surface area contributed by atoms with Gasteiger partial charge in [0.05, 0.1) is 16.1 Å². The van der Waals surface area contributed by atoms with Gasteiger partial charge in [0.2, 0.25) is 0 Å². The number of thiophene rings is 1. The molecular weight excluding hydrogens is 338 g/mol. The van der Waals surface area contributed by atoms with Gasteiger partial charge in [-0.15, -0.1) is 11.3 Å². The van der Waals surface area contributed by atoms with Crippen molar-refractivity contribution in [1.82, 2.24) is 4.98 Å². The number of nitrogen functional groups attached to an aromatic ring is 1. The molecule has 0 aliphatic rings. The molecule has 3 N–H and O–H groups in total. The molecule has 0 saturated carbocycles. The summed E-state index contributed by atoms with van der Waals surface area (Å²) in [6.45, 7) is 0. The number of benzene rings is 1. The van der Waals surface area contributed by atoms with E-state index in [1.165, 1.54) is 11.3 Å². The Balaban J connectivity index is 1.97. The molecule has 100 valence electrons. The third-order valence-electron chi connectivity index (χ3n) is 2.86. The molecule has 0 radical (unpaired) electrons. The van der Waals surface area contributed by atoms with Crippen molar-refractivity contribution in [3.63, 3.8) is 0 Å². The van der Waals surface area contributed by atoms with E-state index in [4.69, 9.17) is 5.73 Å². The predicted molar refractivity (Wildman–Crippen MR) is 86.1 cm³/mol. The lowest BCUT2D eigenvalue weighted by atomic mass is 10.2. The average molecular weight is 348 g/mol. The minimum atomic E-state index is -0.212. The Morgan fingerprint density at radius 1 is 1.30 bits per heavy atom. The number of rotatable bonds is 2. The highest BCUT2D eigenvalue weighted by Crippen LogP contribution is 2.33. The Morgan fingerprint density at radius 2 is 2.10 bits per heavy atom. The highest BCUT2D eigenvalue weighted by atomic mass is 79.9. The van der Waals surface area contributed by atoms with Gasteiger partial charge in [-0.3, -0.25) is 9.78 Å². The maximum absolute atomic E-state index is 12.3. The van der Waals surface area contributed by atoms with Gasteiger partial charge >= 0.3 is 0 Å². The lowest BCUT2D eigenvalue weighted by molar-refractivity contribution is 0.103. The van der Waals surface area contributed by atoms with Crippen LogP contribution in [0.5, 0.6) is 0 Å². The Labute approximate surface area is 127 Å². The lowest BCUT2D eigenvalue weighted by Gasteiger charge is -2.06. The molecule has 6 heteroatoms. The van der Waals surface area contributed by atoms with Crippen LogP contribution in [0.15, 0.2) is 47.2 Å². The number of hydrogen-bond donors (Lipinski definition) is 2. The fourth-order valence-electron chi connectivity index (χ4n) is 1.88. The molecule has 0 aliphatic heterocycles. The first-order chi connectivity index (χ1) is 9.66. The summed E-state index contributed by atoms with van der Waals surface area (Å²) in [6, 6.07) is 9.26. The maximum Gasteiger partial charge on any atom is 0.267 e. The number of anilines is 2. The molecule has 0 aliphatic carbocycles. The monoisotopic (exact) mass is 347 g/mol. The summed E-state index contributed by atoms with van der Waals surface area (Å²) in [7, 11) is 0. The van der Waals surface area contributed by atoms with E-state index >= 15 is 0 Å². The number of hydrogen-bond acceptors (Lipinski definition) is 4. The van der Waals surface area contributed by atoms with Crippen LogP contribution in [0.4, 0.5) is 11.4 Å². The molecule has 3 rings (SSSR count). The molecule has 0 unspecified atom stereocenters. The van der Waals surface area contributed by atoms with Crippen molar-refractivity contribution in [1.29, 1.82) is 0 Å². The van der Waals surface area contributed by atoms with Crippen molar-refractivity contribution < 1.29 is 4.79 Å². The van der Waals surface area contributed by atoms with Crippen molar-refractivity contribution in [2.75, 3.05) is 11.1 Å². The number of carbonyl (C=O) groups excluding carboxylic acids is 1. The number of nitrogens with one attached hydrogen (secondary N) is 1. The quantitative estimate of drug-likeness (QED) is 0.738. The first-order valence-corrected chi connectivity index (χ1v) is 7.45. The molecule has 20 heavy (non-hydrogen) atoms. The summed E-state index contributed by atoms with van der Waals surface area (Å²) >= 11 is 4.74. The zero-order valence-electron chi connectivity index (χ0n) is 10.3. The number of fused-ring (bicyclic) bond motifs is 1. The fraction of sp³-hybridized carbons (Fsp3) is 0. The maximum atomic E-state index is 12.3. The number of amides is 1. The third kappa shape index (κ3) is 2.28. The molecule has 0 bridgehead atoms. The van der Waals surface area contributed by atoms with Gasteiger partial charge in [0.1, 0.15) is 4.88 Å². The van der Waals surface area contributed by atoms with Crippen LogP contribution in [0.2, 0.25) is 0 Å². The van der Waals surface area contributed by atoms with E-state index in [-0.39, 0.29) is 5.91 Å². The van der Waals surface area contributed by atoms with Crippen molar-refractivity contribution in [3.8, 4) is 0 Å². The molecule has 1 amide bonds. The minimum absolute atomic E-state index is 0.212. The molecule has 0 saturated heterocycles. The summed E-state index contributed by atoms with van der Waals surface area (Å²) in [6.07, 6.45) is 3.38. The lowest BCUT2D eigenvalue weighted by Crippen LogP contribution is -2.12. The molecule has 2 aromatic heterocycles. The summed E-state index contributed by atoms with van der Waals surface area (Å²) in [5, 5.41) is 3.72. The number of aromatic nitrogens is 1. The van der Waals surface area contributed by atoms with Gasteiger partial charge in [-0.1, -0.05) is 12.1 Å². The van der Waals surface area contributed by atoms with Crippen LogP contribution in [0.1, 0.15) is 9.67 Å². The van der Waals surface area contributed by atoms with Crippen molar-refractivity contribution >= 4 is 54.6 Å².